The number of benzene rings is 3. The van der Waals surface area contributed by atoms with Crippen molar-refractivity contribution < 1.29 is 14.3 Å². The first-order valence-electron chi connectivity index (χ1n) is 7.75. The van der Waals surface area contributed by atoms with Gasteiger partial charge in [0.2, 0.25) is 0 Å². The zero-order chi connectivity index (χ0) is 17.4. The summed E-state index contributed by atoms with van der Waals surface area (Å²) in [4.78, 5) is 24.1. The van der Waals surface area contributed by atoms with Crippen molar-refractivity contribution in [2.75, 3.05) is 7.11 Å². The maximum Gasteiger partial charge on any atom is 0.258 e. The summed E-state index contributed by atoms with van der Waals surface area (Å²) in [5, 5.41) is 3.83. The Morgan fingerprint density at radius 3 is 2.28 bits per heavy atom. The highest BCUT2D eigenvalue weighted by molar-refractivity contribution is 6.26. The molecular formula is C21H13NO3. The first kappa shape index (κ1) is 15.0. The maximum atomic E-state index is 12.1. The first-order valence-corrected chi connectivity index (χ1v) is 7.75. The van der Waals surface area contributed by atoms with Gasteiger partial charge in [-0.25, -0.2) is 0 Å². The molecule has 0 aliphatic carbocycles. The van der Waals surface area contributed by atoms with Gasteiger partial charge in [-0.05, 0) is 47.9 Å². The molecule has 3 aromatic rings. The Morgan fingerprint density at radius 1 is 0.840 bits per heavy atom. The molecule has 0 bridgehead atoms. The highest BCUT2D eigenvalue weighted by Gasteiger charge is 2.25. The van der Waals surface area contributed by atoms with E-state index in [0.29, 0.717) is 16.5 Å². The van der Waals surface area contributed by atoms with Gasteiger partial charge in [0.05, 0.1) is 7.11 Å². The zero-order valence-electron chi connectivity index (χ0n) is 13.4. The van der Waals surface area contributed by atoms with Crippen molar-refractivity contribution >= 4 is 22.6 Å². The second-order valence-corrected chi connectivity index (χ2v) is 5.65. The molecule has 0 saturated carbocycles. The van der Waals surface area contributed by atoms with Crippen LogP contribution in [0.5, 0.6) is 5.75 Å². The van der Waals surface area contributed by atoms with E-state index < -0.39 is 0 Å². The molecule has 0 aromatic heterocycles. The minimum absolute atomic E-state index is 0.372. The summed E-state index contributed by atoms with van der Waals surface area (Å²) < 4.78 is 5.14. The summed E-state index contributed by atoms with van der Waals surface area (Å²) in [6, 6.07) is 16.4. The van der Waals surface area contributed by atoms with E-state index in [0.717, 1.165) is 22.3 Å². The standard InChI is InChI=1S/C21H13NO3/c1-25-15-10-6-13(7-11-15)5-8-14-9-12-18-19-16(14)3-2-4-17(19)20(23)22-21(18)24/h2-4,6-7,9-12H,1H3,(H,22,23,24). The minimum Gasteiger partial charge on any atom is -0.497 e. The van der Waals surface area contributed by atoms with Crippen LogP contribution in [0.4, 0.5) is 0 Å². The van der Waals surface area contributed by atoms with E-state index in [1.807, 2.05) is 36.4 Å². The lowest BCUT2D eigenvalue weighted by molar-refractivity contribution is 0.0845. The second kappa shape index (κ2) is 5.81. The topological polar surface area (TPSA) is 55.4 Å². The quantitative estimate of drug-likeness (QED) is 0.552. The largest absolute Gasteiger partial charge is 0.497 e. The van der Waals surface area contributed by atoms with E-state index >= 15 is 0 Å². The molecule has 4 nitrogen and oxygen atoms in total. The fraction of sp³-hybridized carbons (Fsp3) is 0.0476. The van der Waals surface area contributed by atoms with Crippen LogP contribution < -0.4 is 10.1 Å². The Kier molecular flexibility index (Phi) is 3.48. The van der Waals surface area contributed by atoms with Crippen LogP contribution >= 0.6 is 0 Å². The molecule has 2 amide bonds. The number of carbonyl (C=O) groups is 2. The number of methoxy groups -OCH3 is 1. The molecule has 4 rings (SSSR count). The third kappa shape index (κ3) is 2.52. The molecule has 0 atom stereocenters. The van der Waals surface area contributed by atoms with Crippen molar-refractivity contribution in [3.05, 3.63) is 76.9 Å². The fourth-order valence-electron chi connectivity index (χ4n) is 2.95. The zero-order valence-corrected chi connectivity index (χ0v) is 13.4. The smallest absolute Gasteiger partial charge is 0.258 e. The number of ether oxygens (including phenoxy) is 1. The molecule has 0 radical (unpaired) electrons. The molecule has 1 N–H and O–H groups in total. The number of hydrogen-bond donors (Lipinski definition) is 1. The number of amides is 2. The van der Waals surface area contributed by atoms with E-state index in [4.69, 9.17) is 4.74 Å². The average Bonchev–Trinajstić information content (AvgIpc) is 2.65. The van der Waals surface area contributed by atoms with E-state index in [9.17, 15) is 9.59 Å². The molecule has 0 unspecified atom stereocenters. The van der Waals surface area contributed by atoms with Crippen LogP contribution in [-0.4, -0.2) is 18.9 Å². The third-order valence-electron chi connectivity index (χ3n) is 4.19. The Balaban J connectivity index is 1.85. The summed E-state index contributed by atoms with van der Waals surface area (Å²) in [6.07, 6.45) is 0. The Bertz CT molecular complexity index is 1070. The lowest BCUT2D eigenvalue weighted by Crippen LogP contribution is -2.34. The van der Waals surface area contributed by atoms with Gasteiger partial charge in [0.15, 0.2) is 0 Å². The maximum absolute atomic E-state index is 12.1. The number of imide groups is 1. The van der Waals surface area contributed by atoms with Crippen LogP contribution in [0.25, 0.3) is 10.8 Å². The molecule has 1 aliphatic rings. The van der Waals surface area contributed by atoms with Gasteiger partial charge in [-0.15, -0.1) is 0 Å². The Hall–Kier alpha value is -3.58. The van der Waals surface area contributed by atoms with Gasteiger partial charge < -0.3 is 4.74 Å². The van der Waals surface area contributed by atoms with Crippen molar-refractivity contribution in [1.82, 2.24) is 5.32 Å². The molecule has 0 saturated heterocycles. The molecule has 1 aliphatic heterocycles. The molecule has 0 spiro atoms. The molecule has 1 heterocycles. The van der Waals surface area contributed by atoms with Gasteiger partial charge in [0, 0.05) is 27.6 Å². The SMILES string of the molecule is COc1ccc(C#Cc2ccc3c4c(cccc24)C(=O)NC3=O)cc1. The number of nitrogens with one attached hydrogen (secondary N) is 1. The lowest BCUT2D eigenvalue weighted by Gasteiger charge is -2.17. The highest BCUT2D eigenvalue weighted by Crippen LogP contribution is 2.28. The minimum atomic E-state index is -0.372. The molecule has 4 heteroatoms. The van der Waals surface area contributed by atoms with Gasteiger partial charge in [0.25, 0.3) is 11.8 Å². The van der Waals surface area contributed by atoms with Gasteiger partial charge in [-0.2, -0.15) is 0 Å². The fourth-order valence-corrected chi connectivity index (χ4v) is 2.95. The summed E-state index contributed by atoms with van der Waals surface area (Å²) in [5.41, 5.74) is 2.63. The second-order valence-electron chi connectivity index (χ2n) is 5.65. The van der Waals surface area contributed by atoms with Crippen LogP contribution in [0.15, 0.2) is 54.6 Å². The summed E-state index contributed by atoms with van der Waals surface area (Å²) in [5.74, 6) is 6.28. The van der Waals surface area contributed by atoms with Crippen LogP contribution in [0, 0.1) is 11.8 Å². The van der Waals surface area contributed by atoms with Crippen molar-refractivity contribution in [1.29, 1.82) is 0 Å². The van der Waals surface area contributed by atoms with Crippen LogP contribution in [-0.2, 0) is 0 Å². The van der Waals surface area contributed by atoms with Crippen LogP contribution in [0.1, 0.15) is 31.8 Å². The molecule has 25 heavy (non-hydrogen) atoms. The van der Waals surface area contributed by atoms with Crippen molar-refractivity contribution in [3.63, 3.8) is 0 Å². The number of hydrogen-bond acceptors (Lipinski definition) is 3. The van der Waals surface area contributed by atoms with Gasteiger partial charge in [-0.3, -0.25) is 14.9 Å². The third-order valence-corrected chi connectivity index (χ3v) is 4.19. The molecular weight excluding hydrogens is 314 g/mol. The number of rotatable bonds is 1. The predicted molar refractivity (Wildman–Crippen MR) is 94.7 cm³/mol. The van der Waals surface area contributed by atoms with Gasteiger partial charge >= 0.3 is 0 Å². The normalized spacial score (nSPS) is 12.4. The van der Waals surface area contributed by atoms with Gasteiger partial charge in [-0.1, -0.05) is 24.0 Å². The average molecular weight is 327 g/mol. The molecule has 0 fully saturated rings. The van der Waals surface area contributed by atoms with E-state index in [-0.39, 0.29) is 11.8 Å². The van der Waals surface area contributed by atoms with Crippen molar-refractivity contribution in [2.24, 2.45) is 0 Å². The highest BCUT2D eigenvalue weighted by atomic mass is 16.5. The first-order chi connectivity index (χ1) is 12.2. The molecule has 3 aromatic carbocycles. The summed E-state index contributed by atoms with van der Waals surface area (Å²) in [7, 11) is 1.62. The lowest BCUT2D eigenvalue weighted by atomic mass is 9.92. The summed E-state index contributed by atoms with van der Waals surface area (Å²) >= 11 is 0. The van der Waals surface area contributed by atoms with E-state index in [1.54, 1.807) is 25.3 Å². The van der Waals surface area contributed by atoms with E-state index in [1.165, 1.54) is 0 Å². The van der Waals surface area contributed by atoms with Gasteiger partial charge in [0.1, 0.15) is 5.75 Å². The van der Waals surface area contributed by atoms with Crippen LogP contribution in [0.3, 0.4) is 0 Å². The Morgan fingerprint density at radius 2 is 1.56 bits per heavy atom. The monoisotopic (exact) mass is 327 g/mol. The molecule has 120 valence electrons. The number of carbonyl (C=O) groups excluding carboxylic acids is 2. The Labute approximate surface area is 144 Å². The van der Waals surface area contributed by atoms with Crippen LogP contribution in [0.2, 0.25) is 0 Å². The van der Waals surface area contributed by atoms with Crippen molar-refractivity contribution in [3.8, 4) is 17.6 Å². The summed E-state index contributed by atoms with van der Waals surface area (Å²) in [6.45, 7) is 0. The van der Waals surface area contributed by atoms with Crippen molar-refractivity contribution in [2.45, 2.75) is 0 Å². The predicted octanol–water partition coefficient (Wildman–Crippen LogP) is 3.13. The van der Waals surface area contributed by atoms with E-state index in [2.05, 4.69) is 17.2 Å².